The van der Waals surface area contributed by atoms with Gasteiger partial charge in [-0.25, -0.2) is 0 Å². The van der Waals surface area contributed by atoms with Gasteiger partial charge in [0, 0.05) is 12.5 Å². The summed E-state index contributed by atoms with van der Waals surface area (Å²) in [7, 11) is 0. The number of ether oxygens (including phenoxy) is 1. The maximum absolute atomic E-state index is 11.8. The van der Waals surface area contributed by atoms with Gasteiger partial charge in [0.25, 0.3) is 0 Å². The number of hydrogen-bond donors (Lipinski definition) is 0. The quantitative estimate of drug-likeness (QED) is 0.312. The predicted molar refractivity (Wildman–Crippen MR) is 84.2 cm³/mol. The van der Waals surface area contributed by atoms with E-state index in [0.717, 1.165) is 4.88 Å². The van der Waals surface area contributed by atoms with Gasteiger partial charge in [-0.05, 0) is 39.9 Å². The minimum Gasteiger partial charge on any atom is -0.486 e. The van der Waals surface area contributed by atoms with Gasteiger partial charge in [0.1, 0.15) is 0 Å². The maximum atomic E-state index is 11.8. The van der Waals surface area contributed by atoms with E-state index in [-0.39, 0.29) is 23.8 Å². The van der Waals surface area contributed by atoms with Crippen LogP contribution in [0.15, 0.2) is 40.2 Å². The van der Waals surface area contributed by atoms with Gasteiger partial charge in [0.05, 0.1) is 20.9 Å². The van der Waals surface area contributed by atoms with Crippen molar-refractivity contribution in [1.29, 1.82) is 0 Å². The smallest absolute Gasteiger partial charge is 0.312 e. The highest BCUT2D eigenvalue weighted by Crippen LogP contribution is 2.34. The molecule has 0 radical (unpaired) electrons. The number of ketones is 1. The van der Waals surface area contributed by atoms with Crippen LogP contribution in [0.2, 0.25) is 0 Å². The standard InChI is InChI=1S/C14H12BrNO4S/c15-10-4-1-5-11(16(18)19)14(10)20-8-2-6-12(17)13-7-3-9-21-13/h1,3-5,7,9H,2,6,8H2. The normalized spacial score (nSPS) is 10.3. The molecule has 1 heterocycles. The van der Waals surface area contributed by atoms with E-state index in [1.807, 2.05) is 11.4 Å². The number of nitro groups is 1. The summed E-state index contributed by atoms with van der Waals surface area (Å²) >= 11 is 4.64. The zero-order valence-electron chi connectivity index (χ0n) is 11.0. The van der Waals surface area contributed by atoms with Crippen LogP contribution in [0.25, 0.3) is 0 Å². The lowest BCUT2D eigenvalue weighted by Gasteiger charge is -2.08. The second kappa shape index (κ2) is 7.33. The molecule has 0 spiro atoms. The van der Waals surface area contributed by atoms with Crippen LogP contribution in [0, 0.1) is 10.1 Å². The molecule has 0 aliphatic carbocycles. The van der Waals surface area contributed by atoms with Gasteiger partial charge in [-0.15, -0.1) is 11.3 Å². The second-order valence-corrected chi connectivity index (χ2v) is 6.00. The summed E-state index contributed by atoms with van der Waals surface area (Å²) in [4.78, 5) is 23.0. The number of carbonyl (C=O) groups is 1. The Labute approximate surface area is 133 Å². The van der Waals surface area contributed by atoms with Crippen molar-refractivity contribution in [3.63, 3.8) is 0 Å². The Kier molecular flexibility index (Phi) is 5.46. The van der Waals surface area contributed by atoms with Gasteiger partial charge in [-0.2, -0.15) is 0 Å². The Hall–Kier alpha value is -1.73. The first-order valence-corrected chi connectivity index (χ1v) is 7.89. The van der Waals surface area contributed by atoms with E-state index < -0.39 is 4.92 Å². The average Bonchev–Trinajstić information content (AvgIpc) is 2.98. The van der Waals surface area contributed by atoms with Crippen molar-refractivity contribution in [2.75, 3.05) is 6.61 Å². The molecule has 1 aromatic heterocycles. The third kappa shape index (κ3) is 4.12. The molecule has 2 rings (SSSR count). The Bertz CT molecular complexity index is 642. The third-order valence-corrected chi connectivity index (χ3v) is 4.27. The van der Waals surface area contributed by atoms with E-state index in [0.29, 0.717) is 17.3 Å². The van der Waals surface area contributed by atoms with Gasteiger partial charge >= 0.3 is 5.69 Å². The van der Waals surface area contributed by atoms with Crippen LogP contribution in [0.1, 0.15) is 22.5 Å². The number of hydrogen-bond acceptors (Lipinski definition) is 5. The third-order valence-electron chi connectivity index (χ3n) is 2.73. The molecule has 0 fully saturated rings. The molecule has 5 nitrogen and oxygen atoms in total. The number of carbonyl (C=O) groups excluding carboxylic acids is 1. The molecular formula is C14H12BrNO4S. The van der Waals surface area contributed by atoms with Crippen molar-refractivity contribution in [1.82, 2.24) is 0 Å². The van der Waals surface area contributed by atoms with E-state index in [1.54, 1.807) is 18.2 Å². The summed E-state index contributed by atoms with van der Waals surface area (Å²) in [6, 6.07) is 8.26. The number of Topliss-reactive ketones (excluding diaryl/α,β-unsaturated/α-hetero) is 1. The van der Waals surface area contributed by atoms with Crippen molar-refractivity contribution in [3.8, 4) is 5.75 Å². The fraction of sp³-hybridized carbons (Fsp3) is 0.214. The largest absolute Gasteiger partial charge is 0.486 e. The van der Waals surface area contributed by atoms with E-state index in [9.17, 15) is 14.9 Å². The number of para-hydroxylation sites is 1. The molecule has 0 aliphatic heterocycles. The van der Waals surface area contributed by atoms with Crippen LogP contribution < -0.4 is 4.74 Å². The van der Waals surface area contributed by atoms with Crippen LogP contribution in [0.3, 0.4) is 0 Å². The highest BCUT2D eigenvalue weighted by molar-refractivity contribution is 9.10. The molecule has 0 amide bonds. The Morgan fingerprint density at radius 2 is 2.14 bits per heavy atom. The van der Waals surface area contributed by atoms with E-state index in [2.05, 4.69) is 15.9 Å². The predicted octanol–water partition coefficient (Wildman–Crippen LogP) is 4.46. The number of rotatable bonds is 7. The number of nitro benzene ring substituents is 1. The minimum absolute atomic E-state index is 0.0650. The van der Waals surface area contributed by atoms with Gasteiger partial charge in [-0.1, -0.05) is 12.1 Å². The number of benzene rings is 1. The molecular weight excluding hydrogens is 358 g/mol. The summed E-state index contributed by atoms with van der Waals surface area (Å²) in [5.41, 5.74) is -0.0889. The number of nitrogens with zero attached hydrogens (tertiary/aromatic N) is 1. The molecule has 21 heavy (non-hydrogen) atoms. The monoisotopic (exact) mass is 369 g/mol. The van der Waals surface area contributed by atoms with Crippen LogP contribution in [-0.4, -0.2) is 17.3 Å². The summed E-state index contributed by atoms with van der Waals surface area (Å²) < 4.78 is 5.99. The molecule has 0 N–H and O–H groups in total. The Balaban J connectivity index is 1.89. The van der Waals surface area contributed by atoms with Crippen molar-refractivity contribution in [3.05, 3.63) is 55.2 Å². The summed E-state index contributed by atoms with van der Waals surface area (Å²) in [5.74, 6) is 0.265. The first-order valence-electron chi connectivity index (χ1n) is 6.22. The SMILES string of the molecule is O=C(CCCOc1c(Br)cccc1[N+](=O)[O-])c1cccs1. The fourth-order valence-corrected chi connectivity index (χ4v) is 2.92. The van der Waals surface area contributed by atoms with Crippen LogP contribution in [0.5, 0.6) is 5.75 Å². The van der Waals surface area contributed by atoms with Gasteiger partial charge in [-0.3, -0.25) is 14.9 Å². The molecule has 110 valence electrons. The van der Waals surface area contributed by atoms with Gasteiger partial charge in [0.2, 0.25) is 5.75 Å². The highest BCUT2D eigenvalue weighted by Gasteiger charge is 2.17. The van der Waals surface area contributed by atoms with Crippen molar-refractivity contribution < 1.29 is 14.5 Å². The molecule has 2 aromatic rings. The van der Waals surface area contributed by atoms with E-state index in [4.69, 9.17) is 4.74 Å². The summed E-state index contributed by atoms with van der Waals surface area (Å²) in [6.07, 6.45) is 0.869. The summed E-state index contributed by atoms with van der Waals surface area (Å²) in [5, 5.41) is 12.8. The molecule has 1 aromatic carbocycles. The lowest BCUT2D eigenvalue weighted by atomic mass is 10.2. The van der Waals surface area contributed by atoms with Crippen LogP contribution in [0.4, 0.5) is 5.69 Å². The highest BCUT2D eigenvalue weighted by atomic mass is 79.9. The maximum Gasteiger partial charge on any atom is 0.312 e. The Morgan fingerprint density at radius 1 is 1.33 bits per heavy atom. The van der Waals surface area contributed by atoms with Crippen LogP contribution in [-0.2, 0) is 0 Å². The fourth-order valence-electron chi connectivity index (χ4n) is 1.75. The zero-order chi connectivity index (χ0) is 15.2. The van der Waals surface area contributed by atoms with Crippen molar-refractivity contribution in [2.45, 2.75) is 12.8 Å². The molecule has 0 bridgehead atoms. The zero-order valence-corrected chi connectivity index (χ0v) is 13.4. The van der Waals surface area contributed by atoms with E-state index in [1.165, 1.54) is 17.4 Å². The summed E-state index contributed by atoms with van der Waals surface area (Å²) in [6.45, 7) is 0.251. The topological polar surface area (TPSA) is 69.4 Å². The molecule has 0 unspecified atom stereocenters. The van der Waals surface area contributed by atoms with Crippen LogP contribution >= 0.6 is 27.3 Å². The number of halogens is 1. The lowest BCUT2D eigenvalue weighted by molar-refractivity contribution is -0.386. The first-order chi connectivity index (χ1) is 10.1. The average molecular weight is 370 g/mol. The molecule has 7 heteroatoms. The van der Waals surface area contributed by atoms with Crippen molar-refractivity contribution >= 4 is 38.7 Å². The number of thiophene rings is 1. The van der Waals surface area contributed by atoms with Gasteiger partial charge in [0.15, 0.2) is 5.78 Å². The van der Waals surface area contributed by atoms with Crippen molar-refractivity contribution in [2.24, 2.45) is 0 Å². The lowest BCUT2D eigenvalue weighted by Crippen LogP contribution is -2.04. The van der Waals surface area contributed by atoms with Gasteiger partial charge < -0.3 is 4.74 Å². The Morgan fingerprint density at radius 3 is 2.81 bits per heavy atom. The molecule has 0 saturated heterocycles. The molecule has 0 aliphatic rings. The first kappa shape index (κ1) is 15.7. The van der Waals surface area contributed by atoms with E-state index >= 15 is 0 Å². The molecule has 0 saturated carbocycles. The molecule has 0 atom stereocenters. The second-order valence-electron chi connectivity index (χ2n) is 4.20. The minimum atomic E-state index is -0.489.